The molecule has 0 spiro atoms. The number of nitrogens with two attached hydrogens (primary N) is 1. The van der Waals surface area contributed by atoms with Crippen LogP contribution in [-0.4, -0.2) is 27.8 Å². The standard InChI is InChI=1S/C18H24N4O.ClH/c1-12-5-3-4-6-17(12)22-13(2)16(11-20-22)18(23)21-15-9-7-14(19)8-10-15;/h3-6,11,14-15H,7-10,19H2,1-2H3,(H,21,23);1H. The lowest BCUT2D eigenvalue weighted by Crippen LogP contribution is -2.40. The van der Waals surface area contributed by atoms with E-state index in [-0.39, 0.29) is 30.4 Å². The molecule has 3 N–H and O–H groups in total. The van der Waals surface area contributed by atoms with Crippen LogP contribution in [0.15, 0.2) is 30.5 Å². The van der Waals surface area contributed by atoms with Gasteiger partial charge in [-0.3, -0.25) is 4.79 Å². The van der Waals surface area contributed by atoms with Crippen molar-refractivity contribution in [2.24, 2.45) is 5.73 Å². The van der Waals surface area contributed by atoms with Crippen LogP contribution in [0.2, 0.25) is 0 Å². The van der Waals surface area contributed by atoms with Crippen molar-refractivity contribution in [3.63, 3.8) is 0 Å². The maximum atomic E-state index is 12.5. The summed E-state index contributed by atoms with van der Waals surface area (Å²) in [6, 6.07) is 8.55. The molecule has 0 radical (unpaired) electrons. The highest BCUT2D eigenvalue weighted by Gasteiger charge is 2.22. The molecule has 1 aromatic carbocycles. The summed E-state index contributed by atoms with van der Waals surface area (Å²) in [6.07, 6.45) is 5.53. The van der Waals surface area contributed by atoms with E-state index < -0.39 is 0 Å². The Hall–Kier alpha value is -1.85. The number of halogens is 1. The van der Waals surface area contributed by atoms with E-state index in [1.54, 1.807) is 6.20 Å². The van der Waals surface area contributed by atoms with E-state index >= 15 is 0 Å². The van der Waals surface area contributed by atoms with E-state index in [4.69, 9.17) is 5.73 Å². The summed E-state index contributed by atoms with van der Waals surface area (Å²) in [5, 5.41) is 7.54. The smallest absolute Gasteiger partial charge is 0.254 e. The molecule has 6 heteroatoms. The number of hydrogen-bond acceptors (Lipinski definition) is 3. The molecule has 1 aliphatic rings. The van der Waals surface area contributed by atoms with Gasteiger partial charge in [0.2, 0.25) is 0 Å². The van der Waals surface area contributed by atoms with E-state index in [0.717, 1.165) is 42.6 Å². The van der Waals surface area contributed by atoms with Crippen molar-refractivity contribution in [3.05, 3.63) is 47.3 Å². The lowest BCUT2D eigenvalue weighted by atomic mass is 9.91. The average Bonchev–Trinajstić information content (AvgIpc) is 2.92. The van der Waals surface area contributed by atoms with Crippen molar-refractivity contribution in [2.75, 3.05) is 0 Å². The van der Waals surface area contributed by atoms with Crippen LogP contribution in [0.1, 0.15) is 47.3 Å². The topological polar surface area (TPSA) is 72.9 Å². The average molecular weight is 349 g/mol. The molecule has 2 aromatic rings. The minimum Gasteiger partial charge on any atom is -0.349 e. The predicted molar refractivity (Wildman–Crippen MR) is 98.0 cm³/mol. The molecule has 0 atom stereocenters. The highest BCUT2D eigenvalue weighted by Crippen LogP contribution is 2.20. The number of carbonyl (C=O) groups is 1. The number of aromatic nitrogens is 2. The fraction of sp³-hybridized carbons (Fsp3) is 0.444. The van der Waals surface area contributed by atoms with Crippen LogP contribution in [-0.2, 0) is 0 Å². The summed E-state index contributed by atoms with van der Waals surface area (Å²) in [7, 11) is 0. The number of para-hydroxylation sites is 1. The number of benzene rings is 1. The lowest BCUT2D eigenvalue weighted by molar-refractivity contribution is 0.0925. The summed E-state index contributed by atoms with van der Waals surface area (Å²) in [5.74, 6) is -0.0391. The van der Waals surface area contributed by atoms with E-state index in [9.17, 15) is 4.79 Å². The van der Waals surface area contributed by atoms with Gasteiger partial charge in [-0.15, -0.1) is 12.4 Å². The monoisotopic (exact) mass is 348 g/mol. The first kappa shape index (κ1) is 18.5. The number of hydrogen-bond donors (Lipinski definition) is 2. The van der Waals surface area contributed by atoms with Gasteiger partial charge in [0.25, 0.3) is 5.91 Å². The third-order valence-electron chi connectivity index (χ3n) is 4.71. The summed E-state index contributed by atoms with van der Waals surface area (Å²) in [5.41, 5.74) is 9.56. The Kier molecular flexibility index (Phi) is 6.02. The first-order chi connectivity index (χ1) is 11.1. The fourth-order valence-corrected chi connectivity index (χ4v) is 3.20. The fourth-order valence-electron chi connectivity index (χ4n) is 3.20. The molecular formula is C18H25ClN4O. The van der Waals surface area contributed by atoms with Crippen molar-refractivity contribution >= 4 is 18.3 Å². The Labute approximate surface area is 149 Å². The number of aryl methyl sites for hydroxylation is 1. The number of rotatable bonds is 3. The molecule has 1 aromatic heterocycles. The molecule has 130 valence electrons. The van der Waals surface area contributed by atoms with Gasteiger partial charge in [-0.2, -0.15) is 5.10 Å². The molecule has 24 heavy (non-hydrogen) atoms. The van der Waals surface area contributed by atoms with Gasteiger partial charge in [0.15, 0.2) is 0 Å². The number of carbonyl (C=O) groups excluding carboxylic acids is 1. The van der Waals surface area contributed by atoms with Gasteiger partial charge in [0.05, 0.1) is 23.1 Å². The van der Waals surface area contributed by atoms with E-state index in [2.05, 4.69) is 10.4 Å². The van der Waals surface area contributed by atoms with Crippen LogP contribution in [0.25, 0.3) is 5.69 Å². The van der Waals surface area contributed by atoms with E-state index in [1.807, 2.05) is 42.8 Å². The van der Waals surface area contributed by atoms with Crippen LogP contribution >= 0.6 is 12.4 Å². The van der Waals surface area contributed by atoms with Crippen LogP contribution in [0.4, 0.5) is 0 Å². The third-order valence-corrected chi connectivity index (χ3v) is 4.71. The van der Waals surface area contributed by atoms with Crippen molar-refractivity contribution < 1.29 is 4.79 Å². The van der Waals surface area contributed by atoms with Crippen molar-refractivity contribution in [1.29, 1.82) is 0 Å². The molecule has 1 aliphatic carbocycles. The van der Waals surface area contributed by atoms with Gasteiger partial charge in [0.1, 0.15) is 0 Å². The first-order valence-electron chi connectivity index (χ1n) is 8.23. The second-order valence-electron chi connectivity index (χ2n) is 6.43. The molecule has 1 heterocycles. The molecule has 0 saturated heterocycles. The largest absolute Gasteiger partial charge is 0.349 e. The number of amides is 1. The van der Waals surface area contributed by atoms with Crippen LogP contribution in [0, 0.1) is 13.8 Å². The Morgan fingerprint density at radius 1 is 1.21 bits per heavy atom. The van der Waals surface area contributed by atoms with Gasteiger partial charge in [-0.1, -0.05) is 18.2 Å². The second kappa shape index (κ2) is 7.81. The van der Waals surface area contributed by atoms with Crippen molar-refractivity contribution in [3.8, 4) is 5.69 Å². The Balaban J connectivity index is 0.00000208. The van der Waals surface area contributed by atoms with Gasteiger partial charge in [-0.25, -0.2) is 4.68 Å². The Morgan fingerprint density at radius 2 is 1.88 bits per heavy atom. The number of nitrogens with zero attached hydrogens (tertiary/aromatic N) is 2. The molecule has 3 rings (SSSR count). The quantitative estimate of drug-likeness (QED) is 0.895. The van der Waals surface area contributed by atoms with Crippen LogP contribution in [0.3, 0.4) is 0 Å². The molecule has 1 fully saturated rings. The van der Waals surface area contributed by atoms with Gasteiger partial charge < -0.3 is 11.1 Å². The van der Waals surface area contributed by atoms with Gasteiger partial charge >= 0.3 is 0 Å². The van der Waals surface area contributed by atoms with Crippen LogP contribution < -0.4 is 11.1 Å². The highest BCUT2D eigenvalue weighted by atomic mass is 35.5. The third kappa shape index (κ3) is 3.79. The van der Waals surface area contributed by atoms with E-state index in [1.165, 1.54) is 0 Å². The molecule has 1 saturated carbocycles. The zero-order valence-electron chi connectivity index (χ0n) is 14.2. The SMILES string of the molecule is Cc1ccccc1-n1ncc(C(=O)NC2CCC(N)CC2)c1C.Cl. The zero-order valence-corrected chi connectivity index (χ0v) is 15.0. The maximum absolute atomic E-state index is 12.5. The molecule has 1 amide bonds. The Morgan fingerprint density at radius 3 is 2.54 bits per heavy atom. The number of nitrogens with one attached hydrogen (secondary N) is 1. The zero-order chi connectivity index (χ0) is 16.4. The van der Waals surface area contributed by atoms with Crippen LogP contribution in [0.5, 0.6) is 0 Å². The van der Waals surface area contributed by atoms with Gasteiger partial charge in [0, 0.05) is 12.1 Å². The highest BCUT2D eigenvalue weighted by molar-refractivity contribution is 5.95. The summed E-state index contributed by atoms with van der Waals surface area (Å²) in [6.45, 7) is 3.98. The Bertz CT molecular complexity index is 705. The van der Waals surface area contributed by atoms with Crippen molar-refractivity contribution in [1.82, 2.24) is 15.1 Å². The lowest BCUT2D eigenvalue weighted by Gasteiger charge is -2.26. The molecule has 0 aliphatic heterocycles. The minimum atomic E-state index is -0.0391. The predicted octanol–water partition coefficient (Wildman–Crippen LogP) is 2.91. The minimum absolute atomic E-state index is 0. The van der Waals surface area contributed by atoms with Gasteiger partial charge in [-0.05, 0) is 51.2 Å². The van der Waals surface area contributed by atoms with E-state index in [0.29, 0.717) is 5.56 Å². The first-order valence-corrected chi connectivity index (χ1v) is 8.23. The summed E-state index contributed by atoms with van der Waals surface area (Å²) < 4.78 is 1.83. The summed E-state index contributed by atoms with van der Waals surface area (Å²) >= 11 is 0. The normalized spacial score (nSPS) is 20.3. The molecule has 0 unspecified atom stereocenters. The van der Waals surface area contributed by atoms with Crippen molar-refractivity contribution in [2.45, 2.75) is 51.6 Å². The molecular weight excluding hydrogens is 324 g/mol. The second-order valence-corrected chi connectivity index (χ2v) is 6.43. The molecule has 5 nitrogen and oxygen atoms in total. The maximum Gasteiger partial charge on any atom is 0.254 e. The molecule has 0 bridgehead atoms. The summed E-state index contributed by atoms with van der Waals surface area (Å²) in [4.78, 5) is 12.5.